The number of anilines is 1. The Bertz CT molecular complexity index is 348. The Kier molecular flexibility index (Phi) is 2.67. The molecule has 0 aliphatic heterocycles. The molecule has 7 heteroatoms. The lowest BCUT2D eigenvalue weighted by Crippen LogP contribution is -2.26. The molecule has 2 N–H and O–H groups in total. The van der Waals surface area contributed by atoms with Gasteiger partial charge in [0.1, 0.15) is 6.54 Å². The Balaban J connectivity index is 3.10. The first-order valence-corrected chi connectivity index (χ1v) is 4.37. The van der Waals surface area contributed by atoms with Gasteiger partial charge in [0, 0.05) is 5.41 Å². The maximum Gasteiger partial charge on any atom is 0.408 e. The number of hydrogen-bond donors (Lipinski definition) is 1. The average molecular weight is 222 g/mol. The van der Waals surface area contributed by atoms with E-state index in [2.05, 4.69) is 10.3 Å². The summed E-state index contributed by atoms with van der Waals surface area (Å²) in [7, 11) is 0. The first kappa shape index (κ1) is 11.8. The van der Waals surface area contributed by atoms with E-state index in [9.17, 15) is 13.2 Å². The Labute approximate surface area is 85.3 Å². The highest BCUT2D eigenvalue weighted by Crippen LogP contribution is 2.28. The van der Waals surface area contributed by atoms with Crippen LogP contribution in [-0.4, -0.2) is 21.2 Å². The predicted molar refractivity (Wildman–Crippen MR) is 49.2 cm³/mol. The Morgan fingerprint density at radius 1 is 1.27 bits per heavy atom. The fraction of sp³-hybridized carbons (Fsp3) is 0.750. The summed E-state index contributed by atoms with van der Waals surface area (Å²) in [5.74, 6) is 0.0479. The van der Waals surface area contributed by atoms with Crippen LogP contribution in [0.1, 0.15) is 26.5 Å². The predicted octanol–water partition coefficient (Wildman–Crippen LogP) is 1.72. The van der Waals surface area contributed by atoms with Gasteiger partial charge in [-0.15, -0.1) is 5.10 Å². The van der Waals surface area contributed by atoms with Crippen LogP contribution in [0.3, 0.4) is 0 Å². The van der Waals surface area contributed by atoms with Gasteiger partial charge in [-0.05, 0) is 0 Å². The van der Waals surface area contributed by atoms with Crippen molar-refractivity contribution in [3.05, 3.63) is 5.69 Å². The first-order valence-electron chi connectivity index (χ1n) is 4.37. The minimum Gasteiger partial charge on any atom is -0.381 e. The second-order valence-electron chi connectivity index (χ2n) is 4.35. The van der Waals surface area contributed by atoms with Gasteiger partial charge in [0.2, 0.25) is 0 Å². The molecule has 0 aliphatic carbocycles. The summed E-state index contributed by atoms with van der Waals surface area (Å²) < 4.78 is 37.4. The van der Waals surface area contributed by atoms with E-state index < -0.39 is 18.1 Å². The highest BCUT2D eigenvalue weighted by atomic mass is 19.4. The lowest BCUT2D eigenvalue weighted by atomic mass is 9.92. The number of nitrogens with two attached hydrogens (primary N) is 1. The molecule has 0 radical (unpaired) electrons. The third-order valence-electron chi connectivity index (χ3n) is 1.80. The smallest absolute Gasteiger partial charge is 0.381 e. The van der Waals surface area contributed by atoms with E-state index in [0.29, 0.717) is 5.69 Å². The molecule has 15 heavy (non-hydrogen) atoms. The van der Waals surface area contributed by atoms with Crippen LogP contribution in [0.25, 0.3) is 0 Å². The standard InChI is InChI=1S/C8H13F3N4/c1-7(2,3)5-6(12)13-14-15(5)4-8(9,10)11/h4,12H2,1-3H3. The van der Waals surface area contributed by atoms with E-state index in [0.717, 1.165) is 4.68 Å². The zero-order chi connectivity index (χ0) is 11.9. The number of hydrogen-bond acceptors (Lipinski definition) is 3. The maximum atomic E-state index is 12.2. The molecule has 1 heterocycles. The first-order chi connectivity index (χ1) is 6.61. The van der Waals surface area contributed by atoms with Crippen molar-refractivity contribution in [3.8, 4) is 0 Å². The lowest BCUT2D eigenvalue weighted by molar-refractivity contribution is -0.143. The molecule has 0 unspecified atom stereocenters. The fourth-order valence-electron chi connectivity index (χ4n) is 1.38. The molecule has 1 rings (SSSR count). The third kappa shape index (κ3) is 2.84. The molecule has 0 aliphatic rings. The number of nitrogens with zero attached hydrogens (tertiary/aromatic N) is 3. The van der Waals surface area contributed by atoms with Crippen molar-refractivity contribution in [3.63, 3.8) is 0 Å². The highest BCUT2D eigenvalue weighted by Gasteiger charge is 2.33. The van der Waals surface area contributed by atoms with Crippen LogP contribution in [0.2, 0.25) is 0 Å². The molecule has 0 amide bonds. The number of alkyl halides is 3. The van der Waals surface area contributed by atoms with Crippen molar-refractivity contribution in [1.29, 1.82) is 0 Å². The second-order valence-corrected chi connectivity index (χ2v) is 4.35. The zero-order valence-corrected chi connectivity index (χ0v) is 8.76. The largest absolute Gasteiger partial charge is 0.408 e. The van der Waals surface area contributed by atoms with Crippen LogP contribution in [0.15, 0.2) is 0 Å². The molecule has 0 atom stereocenters. The summed E-state index contributed by atoms with van der Waals surface area (Å²) in [6.45, 7) is 4.11. The van der Waals surface area contributed by atoms with Gasteiger partial charge in [-0.2, -0.15) is 13.2 Å². The summed E-state index contributed by atoms with van der Waals surface area (Å²) in [6.07, 6.45) is -4.32. The van der Waals surface area contributed by atoms with Crippen LogP contribution >= 0.6 is 0 Å². The number of halogens is 3. The molecule has 86 valence electrons. The van der Waals surface area contributed by atoms with Gasteiger partial charge in [0.25, 0.3) is 0 Å². The molecule has 1 aromatic heterocycles. The average Bonchev–Trinajstić information content (AvgIpc) is 2.25. The minimum absolute atomic E-state index is 0.0479. The van der Waals surface area contributed by atoms with E-state index in [-0.39, 0.29) is 5.82 Å². The van der Waals surface area contributed by atoms with Crippen molar-refractivity contribution in [1.82, 2.24) is 15.0 Å². The van der Waals surface area contributed by atoms with Gasteiger partial charge in [-0.3, -0.25) is 0 Å². The third-order valence-corrected chi connectivity index (χ3v) is 1.80. The van der Waals surface area contributed by atoms with Crippen LogP contribution in [0.5, 0.6) is 0 Å². The van der Waals surface area contributed by atoms with E-state index >= 15 is 0 Å². The highest BCUT2D eigenvalue weighted by molar-refractivity contribution is 5.37. The summed E-state index contributed by atoms with van der Waals surface area (Å²) in [6, 6.07) is 0. The normalized spacial score (nSPS) is 13.2. The van der Waals surface area contributed by atoms with Gasteiger partial charge < -0.3 is 5.73 Å². The van der Waals surface area contributed by atoms with Crippen molar-refractivity contribution in [2.24, 2.45) is 0 Å². The maximum absolute atomic E-state index is 12.2. The Hall–Kier alpha value is -1.27. The van der Waals surface area contributed by atoms with Crippen molar-refractivity contribution < 1.29 is 13.2 Å². The molecule has 0 saturated heterocycles. The molecule has 0 spiro atoms. The lowest BCUT2D eigenvalue weighted by Gasteiger charge is -2.20. The molecule has 1 aromatic rings. The molecule has 0 bridgehead atoms. The summed E-state index contributed by atoms with van der Waals surface area (Å²) in [5.41, 5.74) is 5.27. The van der Waals surface area contributed by atoms with E-state index in [4.69, 9.17) is 5.73 Å². The molecular weight excluding hydrogens is 209 g/mol. The Morgan fingerprint density at radius 3 is 2.20 bits per heavy atom. The van der Waals surface area contributed by atoms with E-state index in [1.54, 1.807) is 20.8 Å². The van der Waals surface area contributed by atoms with Crippen LogP contribution < -0.4 is 5.73 Å². The fourth-order valence-corrected chi connectivity index (χ4v) is 1.38. The van der Waals surface area contributed by atoms with Gasteiger partial charge >= 0.3 is 6.18 Å². The van der Waals surface area contributed by atoms with Gasteiger partial charge in [0.15, 0.2) is 5.82 Å². The second kappa shape index (κ2) is 3.39. The van der Waals surface area contributed by atoms with Gasteiger partial charge in [-0.25, -0.2) is 4.68 Å². The number of rotatable bonds is 1. The molecule has 0 aromatic carbocycles. The van der Waals surface area contributed by atoms with Crippen molar-refractivity contribution >= 4 is 5.82 Å². The molecular formula is C8H13F3N4. The zero-order valence-electron chi connectivity index (χ0n) is 8.76. The molecule has 4 nitrogen and oxygen atoms in total. The van der Waals surface area contributed by atoms with E-state index in [1.807, 2.05) is 0 Å². The van der Waals surface area contributed by atoms with Crippen LogP contribution in [-0.2, 0) is 12.0 Å². The van der Waals surface area contributed by atoms with Crippen molar-refractivity contribution in [2.45, 2.75) is 38.9 Å². The quantitative estimate of drug-likeness (QED) is 0.787. The monoisotopic (exact) mass is 222 g/mol. The minimum atomic E-state index is -4.32. The van der Waals surface area contributed by atoms with Gasteiger partial charge in [0.05, 0.1) is 5.69 Å². The SMILES string of the molecule is CC(C)(C)c1c(N)nnn1CC(F)(F)F. The van der Waals surface area contributed by atoms with Crippen molar-refractivity contribution in [2.75, 3.05) is 5.73 Å². The number of aromatic nitrogens is 3. The van der Waals surface area contributed by atoms with Gasteiger partial charge in [-0.1, -0.05) is 26.0 Å². The number of nitrogen functional groups attached to an aromatic ring is 1. The van der Waals surface area contributed by atoms with Crippen LogP contribution in [0.4, 0.5) is 19.0 Å². The molecule has 0 fully saturated rings. The van der Waals surface area contributed by atoms with Crippen LogP contribution in [0, 0.1) is 0 Å². The summed E-state index contributed by atoms with van der Waals surface area (Å²) in [4.78, 5) is 0. The summed E-state index contributed by atoms with van der Waals surface area (Å²) >= 11 is 0. The Morgan fingerprint density at radius 2 is 1.80 bits per heavy atom. The topological polar surface area (TPSA) is 56.7 Å². The summed E-state index contributed by atoms with van der Waals surface area (Å²) in [5, 5.41) is 6.85. The molecule has 0 saturated carbocycles. The van der Waals surface area contributed by atoms with E-state index in [1.165, 1.54) is 0 Å².